The van der Waals surface area contributed by atoms with Gasteiger partial charge >= 0.3 is 0 Å². The minimum atomic E-state index is -4.17. The molecule has 1 aliphatic rings. The van der Waals surface area contributed by atoms with E-state index in [0.717, 1.165) is 30.0 Å². The first-order chi connectivity index (χ1) is 19.6. The molecular weight excluding hydrogens is 585 g/mol. The Kier molecular flexibility index (Phi) is 10.2. The number of rotatable bonds is 11. The van der Waals surface area contributed by atoms with E-state index in [9.17, 15) is 18.0 Å². The van der Waals surface area contributed by atoms with Crippen LogP contribution in [0, 0.1) is 0 Å². The molecule has 0 saturated heterocycles. The molecule has 3 aromatic carbocycles. The highest BCUT2D eigenvalue weighted by Gasteiger charge is 2.33. The zero-order valence-corrected chi connectivity index (χ0v) is 25.3. The van der Waals surface area contributed by atoms with Gasteiger partial charge in [-0.3, -0.25) is 13.9 Å². The maximum atomic E-state index is 14.0. The molecule has 1 aliphatic carbocycles. The predicted octanol–water partition coefficient (Wildman–Crippen LogP) is 5.67. The molecule has 1 saturated carbocycles. The Labute approximate surface area is 251 Å². The molecule has 0 spiro atoms. The molecule has 0 unspecified atom stereocenters. The van der Waals surface area contributed by atoms with Crippen LogP contribution in [0.25, 0.3) is 0 Å². The third-order valence-electron chi connectivity index (χ3n) is 7.18. The number of anilines is 1. The second-order valence-corrected chi connectivity index (χ2v) is 12.6. The summed E-state index contributed by atoms with van der Waals surface area (Å²) in [7, 11) is -2.68. The number of ether oxygens (including phenoxy) is 1. The fourth-order valence-corrected chi connectivity index (χ4v) is 6.54. The van der Waals surface area contributed by atoms with Crippen molar-refractivity contribution in [3.8, 4) is 5.75 Å². The number of amides is 2. The monoisotopic (exact) mass is 617 g/mol. The van der Waals surface area contributed by atoms with Crippen molar-refractivity contribution in [1.29, 1.82) is 0 Å². The van der Waals surface area contributed by atoms with Crippen molar-refractivity contribution in [2.45, 2.75) is 56.1 Å². The highest BCUT2D eigenvalue weighted by atomic mass is 35.5. The molecule has 1 N–H and O–H groups in total. The molecule has 8 nitrogen and oxygen atoms in total. The number of carbonyl (C=O) groups is 2. The van der Waals surface area contributed by atoms with Crippen LogP contribution in [0.2, 0.25) is 10.0 Å². The van der Waals surface area contributed by atoms with E-state index in [2.05, 4.69) is 5.32 Å². The first-order valence-electron chi connectivity index (χ1n) is 13.4. The number of para-hydroxylation sites is 1. The summed E-state index contributed by atoms with van der Waals surface area (Å²) in [4.78, 5) is 28.7. The summed E-state index contributed by atoms with van der Waals surface area (Å²) in [5, 5.41) is 3.72. The molecule has 0 heterocycles. The maximum absolute atomic E-state index is 14.0. The van der Waals surface area contributed by atoms with E-state index >= 15 is 0 Å². The lowest BCUT2D eigenvalue weighted by molar-refractivity contribution is -0.139. The Morgan fingerprint density at radius 3 is 2.24 bits per heavy atom. The van der Waals surface area contributed by atoms with E-state index in [1.807, 2.05) is 0 Å². The maximum Gasteiger partial charge on any atom is 0.264 e. The number of benzene rings is 3. The Hall–Kier alpha value is -3.27. The lowest BCUT2D eigenvalue weighted by Gasteiger charge is -2.32. The standard InChI is InChI=1S/C30H33Cl2N3O5S/c1-21(30(37)33-23-8-6-7-9-23)34(19-22-12-17-27(31)28(32)18-22)29(36)20-35(24-10-4-3-5-11-24)41(38,39)26-15-13-25(40-2)14-16-26/h3-5,10-18,21,23H,6-9,19-20H2,1-2H3,(H,33,37)/t21-/m0/s1. The third-order valence-corrected chi connectivity index (χ3v) is 9.70. The van der Waals surface area contributed by atoms with Crippen molar-refractivity contribution in [2.24, 2.45) is 0 Å². The zero-order chi connectivity index (χ0) is 29.6. The minimum absolute atomic E-state index is 0.00184. The van der Waals surface area contributed by atoms with E-state index in [-0.39, 0.29) is 23.4 Å². The Morgan fingerprint density at radius 2 is 1.63 bits per heavy atom. The molecule has 4 rings (SSSR count). The SMILES string of the molecule is COc1ccc(S(=O)(=O)N(CC(=O)N(Cc2ccc(Cl)c(Cl)c2)[C@@H](C)C(=O)NC2CCCC2)c2ccccc2)cc1. The largest absolute Gasteiger partial charge is 0.497 e. The molecule has 0 aliphatic heterocycles. The molecule has 2 amide bonds. The molecule has 1 atom stereocenters. The summed E-state index contributed by atoms with van der Waals surface area (Å²) in [6.07, 6.45) is 3.86. The normalized spacial score (nSPS) is 14.3. The molecule has 218 valence electrons. The fourth-order valence-electron chi connectivity index (χ4n) is 4.81. The minimum Gasteiger partial charge on any atom is -0.497 e. The van der Waals surface area contributed by atoms with Gasteiger partial charge in [-0.25, -0.2) is 8.42 Å². The van der Waals surface area contributed by atoms with Crippen molar-refractivity contribution in [3.05, 3.63) is 88.4 Å². The average molecular weight is 619 g/mol. The van der Waals surface area contributed by atoms with Crippen LogP contribution < -0.4 is 14.4 Å². The molecule has 0 radical (unpaired) electrons. The van der Waals surface area contributed by atoms with Crippen LogP contribution in [0.4, 0.5) is 5.69 Å². The first kappa shape index (κ1) is 30.7. The van der Waals surface area contributed by atoms with Crippen molar-refractivity contribution >= 4 is 50.7 Å². The van der Waals surface area contributed by atoms with E-state index in [4.69, 9.17) is 27.9 Å². The van der Waals surface area contributed by atoms with Gasteiger partial charge in [-0.1, -0.05) is 60.3 Å². The Bertz CT molecular complexity index is 1460. The highest BCUT2D eigenvalue weighted by molar-refractivity contribution is 7.92. The quantitative estimate of drug-likeness (QED) is 0.299. The summed E-state index contributed by atoms with van der Waals surface area (Å²) >= 11 is 12.3. The summed E-state index contributed by atoms with van der Waals surface area (Å²) in [6.45, 7) is 1.14. The molecule has 1 fully saturated rings. The summed E-state index contributed by atoms with van der Waals surface area (Å²) in [5.74, 6) is -0.346. The van der Waals surface area contributed by atoms with Gasteiger partial charge in [0.1, 0.15) is 18.3 Å². The van der Waals surface area contributed by atoms with Crippen molar-refractivity contribution in [2.75, 3.05) is 18.0 Å². The van der Waals surface area contributed by atoms with Gasteiger partial charge in [0.05, 0.1) is 27.7 Å². The molecular formula is C30H33Cl2N3O5S. The molecule has 11 heteroatoms. The van der Waals surface area contributed by atoms with Crippen LogP contribution in [0.5, 0.6) is 5.75 Å². The number of sulfonamides is 1. The number of carbonyl (C=O) groups excluding carboxylic acids is 2. The molecule has 0 aromatic heterocycles. The van der Waals surface area contributed by atoms with Crippen molar-refractivity contribution < 1.29 is 22.7 Å². The van der Waals surface area contributed by atoms with Gasteiger partial charge in [0.15, 0.2) is 0 Å². The van der Waals surface area contributed by atoms with Gasteiger partial charge in [-0.2, -0.15) is 0 Å². The molecule has 41 heavy (non-hydrogen) atoms. The number of halogens is 2. The van der Waals surface area contributed by atoms with Crippen LogP contribution in [-0.4, -0.2) is 50.9 Å². The predicted molar refractivity (Wildman–Crippen MR) is 161 cm³/mol. The highest BCUT2D eigenvalue weighted by Crippen LogP contribution is 2.27. The second kappa shape index (κ2) is 13.6. The van der Waals surface area contributed by atoms with Gasteiger partial charge in [-0.05, 0) is 73.9 Å². The van der Waals surface area contributed by atoms with Gasteiger partial charge in [0.2, 0.25) is 11.8 Å². The average Bonchev–Trinajstić information content (AvgIpc) is 3.49. The third kappa shape index (κ3) is 7.52. The van der Waals surface area contributed by atoms with Crippen LogP contribution >= 0.6 is 23.2 Å². The van der Waals surface area contributed by atoms with Crippen LogP contribution in [0.1, 0.15) is 38.2 Å². The number of nitrogens with zero attached hydrogens (tertiary/aromatic N) is 2. The van der Waals surface area contributed by atoms with Gasteiger partial charge in [0.25, 0.3) is 10.0 Å². The van der Waals surface area contributed by atoms with Crippen molar-refractivity contribution in [3.63, 3.8) is 0 Å². The lowest BCUT2D eigenvalue weighted by Crippen LogP contribution is -2.52. The van der Waals surface area contributed by atoms with E-state index in [1.165, 1.54) is 24.1 Å². The zero-order valence-electron chi connectivity index (χ0n) is 22.9. The van der Waals surface area contributed by atoms with E-state index in [1.54, 1.807) is 67.6 Å². The van der Waals surface area contributed by atoms with Crippen LogP contribution in [0.15, 0.2) is 77.7 Å². The second-order valence-electron chi connectivity index (χ2n) is 9.96. The number of hydrogen-bond donors (Lipinski definition) is 1. The Morgan fingerprint density at radius 1 is 0.976 bits per heavy atom. The fraction of sp³-hybridized carbons (Fsp3) is 0.333. The van der Waals surface area contributed by atoms with E-state index < -0.39 is 28.5 Å². The lowest BCUT2D eigenvalue weighted by atomic mass is 10.1. The smallest absolute Gasteiger partial charge is 0.264 e. The summed E-state index contributed by atoms with van der Waals surface area (Å²) < 4.78 is 34.0. The summed E-state index contributed by atoms with van der Waals surface area (Å²) in [6, 6.07) is 18.5. The van der Waals surface area contributed by atoms with Gasteiger partial charge in [0, 0.05) is 12.6 Å². The number of hydrogen-bond acceptors (Lipinski definition) is 5. The molecule has 0 bridgehead atoms. The summed E-state index contributed by atoms with van der Waals surface area (Å²) in [5.41, 5.74) is 0.965. The number of methoxy groups -OCH3 is 1. The van der Waals surface area contributed by atoms with E-state index in [0.29, 0.717) is 27.0 Å². The van der Waals surface area contributed by atoms with Crippen LogP contribution in [-0.2, 0) is 26.2 Å². The van der Waals surface area contributed by atoms with Gasteiger partial charge < -0.3 is 15.0 Å². The van der Waals surface area contributed by atoms with Crippen LogP contribution in [0.3, 0.4) is 0 Å². The Balaban J connectivity index is 1.67. The topological polar surface area (TPSA) is 96.0 Å². The first-order valence-corrected chi connectivity index (χ1v) is 15.6. The molecule has 3 aromatic rings. The van der Waals surface area contributed by atoms with Gasteiger partial charge in [-0.15, -0.1) is 0 Å². The number of nitrogens with one attached hydrogen (secondary N) is 1. The van der Waals surface area contributed by atoms with Crippen molar-refractivity contribution in [1.82, 2.24) is 10.2 Å².